The number of benzene rings is 3. The standard InChI is InChI=1S/C26H18ClNO5/c1-2-31-19-7-3-15(4-8-19)23-14-21(29)20-9-6-18(13-24(20)33-23)28-26(30)25-12-16-11-17(27)5-10-22(16)32-25/h3-14H,2H2,1H3,(H,28,30). The second-order valence-electron chi connectivity index (χ2n) is 7.39. The Kier molecular flexibility index (Phi) is 5.36. The predicted molar refractivity (Wildman–Crippen MR) is 128 cm³/mol. The van der Waals surface area contributed by atoms with E-state index in [2.05, 4.69) is 5.32 Å². The van der Waals surface area contributed by atoms with Gasteiger partial charge in [-0.25, -0.2) is 0 Å². The van der Waals surface area contributed by atoms with Gasteiger partial charge in [-0.2, -0.15) is 0 Å². The molecule has 0 aliphatic heterocycles. The van der Waals surface area contributed by atoms with Crippen molar-refractivity contribution in [3.8, 4) is 17.1 Å². The summed E-state index contributed by atoms with van der Waals surface area (Å²) >= 11 is 6.00. The van der Waals surface area contributed by atoms with E-state index in [0.717, 1.165) is 16.7 Å². The number of carbonyl (C=O) groups excluding carboxylic acids is 1. The summed E-state index contributed by atoms with van der Waals surface area (Å²) < 4.78 is 17.1. The monoisotopic (exact) mass is 459 g/mol. The number of rotatable bonds is 5. The highest BCUT2D eigenvalue weighted by atomic mass is 35.5. The second kappa shape index (κ2) is 8.48. The fourth-order valence-electron chi connectivity index (χ4n) is 3.58. The van der Waals surface area contributed by atoms with Crippen LogP contribution in [-0.2, 0) is 0 Å². The Hall–Kier alpha value is -4.03. The van der Waals surface area contributed by atoms with Crippen LogP contribution in [0.25, 0.3) is 33.3 Å². The second-order valence-corrected chi connectivity index (χ2v) is 7.83. The molecule has 0 spiro atoms. The molecule has 7 heteroatoms. The summed E-state index contributed by atoms with van der Waals surface area (Å²) in [6.07, 6.45) is 0. The van der Waals surface area contributed by atoms with Crippen molar-refractivity contribution < 1.29 is 18.4 Å². The third-order valence-corrected chi connectivity index (χ3v) is 5.37. The van der Waals surface area contributed by atoms with E-state index in [-0.39, 0.29) is 11.2 Å². The van der Waals surface area contributed by atoms with Crippen LogP contribution in [-0.4, -0.2) is 12.5 Å². The van der Waals surface area contributed by atoms with Crippen LogP contribution < -0.4 is 15.5 Å². The van der Waals surface area contributed by atoms with Gasteiger partial charge in [-0.15, -0.1) is 0 Å². The third-order valence-electron chi connectivity index (χ3n) is 5.14. The SMILES string of the molecule is CCOc1ccc(-c2cc(=O)c3ccc(NC(=O)c4cc5cc(Cl)ccc5o4)cc3o2)cc1. The van der Waals surface area contributed by atoms with Gasteiger partial charge in [-0.05, 0) is 67.6 Å². The molecule has 0 bridgehead atoms. The molecular formula is C26H18ClNO5. The third kappa shape index (κ3) is 4.21. The summed E-state index contributed by atoms with van der Waals surface area (Å²) in [6.45, 7) is 2.48. The summed E-state index contributed by atoms with van der Waals surface area (Å²) in [4.78, 5) is 25.3. The molecule has 3 aromatic carbocycles. The van der Waals surface area contributed by atoms with E-state index in [0.29, 0.717) is 39.6 Å². The lowest BCUT2D eigenvalue weighted by atomic mass is 10.1. The van der Waals surface area contributed by atoms with E-state index in [4.69, 9.17) is 25.2 Å². The summed E-state index contributed by atoms with van der Waals surface area (Å²) in [5.74, 6) is 0.888. The molecule has 33 heavy (non-hydrogen) atoms. The van der Waals surface area contributed by atoms with Crippen molar-refractivity contribution in [3.05, 3.63) is 93.8 Å². The highest BCUT2D eigenvalue weighted by Gasteiger charge is 2.14. The van der Waals surface area contributed by atoms with Gasteiger partial charge in [-0.3, -0.25) is 9.59 Å². The fourth-order valence-corrected chi connectivity index (χ4v) is 3.76. The minimum Gasteiger partial charge on any atom is -0.494 e. The maximum Gasteiger partial charge on any atom is 0.291 e. The quantitative estimate of drug-likeness (QED) is 0.324. The molecule has 0 saturated heterocycles. The first-order valence-corrected chi connectivity index (χ1v) is 10.7. The van der Waals surface area contributed by atoms with E-state index in [1.54, 1.807) is 42.5 Å². The summed E-state index contributed by atoms with van der Waals surface area (Å²) in [5.41, 5.74) is 1.97. The van der Waals surface area contributed by atoms with Crippen molar-refractivity contribution in [3.63, 3.8) is 0 Å². The smallest absolute Gasteiger partial charge is 0.291 e. The Labute approximate surface area is 193 Å². The Morgan fingerprint density at radius 1 is 0.939 bits per heavy atom. The summed E-state index contributed by atoms with van der Waals surface area (Å²) in [7, 11) is 0. The van der Waals surface area contributed by atoms with Gasteiger partial charge in [0.15, 0.2) is 11.2 Å². The Bertz CT molecular complexity index is 1550. The van der Waals surface area contributed by atoms with Crippen molar-refractivity contribution in [1.82, 2.24) is 0 Å². The molecule has 5 aromatic rings. The molecule has 2 aromatic heterocycles. The van der Waals surface area contributed by atoms with E-state index in [1.165, 1.54) is 6.07 Å². The molecule has 0 radical (unpaired) electrons. The molecule has 2 heterocycles. The van der Waals surface area contributed by atoms with Gasteiger partial charge in [0.1, 0.15) is 22.7 Å². The lowest BCUT2D eigenvalue weighted by Gasteiger charge is -2.07. The highest BCUT2D eigenvalue weighted by molar-refractivity contribution is 6.31. The van der Waals surface area contributed by atoms with Gasteiger partial charge in [0, 0.05) is 33.8 Å². The molecule has 6 nitrogen and oxygen atoms in total. The first kappa shape index (κ1) is 20.8. The lowest BCUT2D eigenvalue weighted by Crippen LogP contribution is -2.11. The molecule has 0 aliphatic carbocycles. The molecule has 5 rings (SSSR count). The molecule has 1 N–H and O–H groups in total. The lowest BCUT2D eigenvalue weighted by molar-refractivity contribution is 0.0998. The molecule has 164 valence electrons. The van der Waals surface area contributed by atoms with Crippen molar-refractivity contribution >= 4 is 45.1 Å². The van der Waals surface area contributed by atoms with Crippen LogP contribution in [0, 0.1) is 0 Å². The van der Waals surface area contributed by atoms with Crippen LogP contribution in [0.5, 0.6) is 5.75 Å². The van der Waals surface area contributed by atoms with E-state index >= 15 is 0 Å². The number of carbonyl (C=O) groups is 1. The van der Waals surface area contributed by atoms with Gasteiger partial charge in [0.25, 0.3) is 5.91 Å². The number of hydrogen-bond acceptors (Lipinski definition) is 5. The van der Waals surface area contributed by atoms with Gasteiger partial charge >= 0.3 is 0 Å². The Morgan fingerprint density at radius 3 is 2.55 bits per heavy atom. The molecule has 0 aliphatic rings. The molecule has 0 unspecified atom stereocenters. The zero-order valence-corrected chi connectivity index (χ0v) is 18.3. The maximum absolute atomic E-state index is 12.7. The summed E-state index contributed by atoms with van der Waals surface area (Å²) in [5, 5.41) is 4.49. The van der Waals surface area contributed by atoms with Crippen molar-refractivity contribution in [2.24, 2.45) is 0 Å². The molecule has 0 fully saturated rings. The van der Waals surface area contributed by atoms with Gasteiger partial charge < -0.3 is 18.9 Å². The van der Waals surface area contributed by atoms with Gasteiger partial charge in [-0.1, -0.05) is 11.6 Å². The van der Waals surface area contributed by atoms with Gasteiger partial charge in [0.2, 0.25) is 0 Å². The number of ether oxygens (including phenoxy) is 1. The van der Waals surface area contributed by atoms with Crippen molar-refractivity contribution in [2.45, 2.75) is 6.92 Å². The van der Waals surface area contributed by atoms with E-state index in [1.807, 2.05) is 31.2 Å². The predicted octanol–water partition coefficient (Wildman–Crippen LogP) is 6.51. The average Bonchev–Trinajstić information content (AvgIpc) is 3.23. The normalized spacial score (nSPS) is 11.1. The Morgan fingerprint density at radius 2 is 1.76 bits per heavy atom. The largest absolute Gasteiger partial charge is 0.494 e. The zero-order chi connectivity index (χ0) is 22.9. The summed E-state index contributed by atoms with van der Waals surface area (Å²) in [6, 6.07) is 20.4. The number of nitrogens with one attached hydrogen (secondary N) is 1. The molecule has 0 saturated carbocycles. The van der Waals surface area contributed by atoms with Crippen LogP contribution in [0.1, 0.15) is 17.5 Å². The zero-order valence-electron chi connectivity index (χ0n) is 17.6. The minimum absolute atomic E-state index is 0.150. The van der Waals surface area contributed by atoms with Crippen LogP contribution in [0.4, 0.5) is 5.69 Å². The van der Waals surface area contributed by atoms with Crippen LogP contribution in [0.15, 0.2) is 86.4 Å². The molecular weight excluding hydrogens is 442 g/mol. The van der Waals surface area contributed by atoms with Gasteiger partial charge in [0.05, 0.1) is 12.0 Å². The topological polar surface area (TPSA) is 81.7 Å². The van der Waals surface area contributed by atoms with E-state index < -0.39 is 5.91 Å². The highest BCUT2D eigenvalue weighted by Crippen LogP contribution is 2.27. The first-order chi connectivity index (χ1) is 16.0. The van der Waals surface area contributed by atoms with Crippen LogP contribution in [0.3, 0.4) is 0 Å². The molecule has 0 atom stereocenters. The van der Waals surface area contributed by atoms with Crippen molar-refractivity contribution in [1.29, 1.82) is 0 Å². The number of fused-ring (bicyclic) bond motifs is 2. The van der Waals surface area contributed by atoms with Crippen LogP contribution >= 0.6 is 11.6 Å². The van der Waals surface area contributed by atoms with E-state index in [9.17, 15) is 9.59 Å². The first-order valence-electron chi connectivity index (χ1n) is 10.3. The number of amides is 1. The van der Waals surface area contributed by atoms with Crippen LogP contribution in [0.2, 0.25) is 5.02 Å². The number of halogens is 1. The minimum atomic E-state index is -0.424. The maximum atomic E-state index is 12.7. The average molecular weight is 460 g/mol. The molecule has 1 amide bonds. The Balaban J connectivity index is 1.45. The number of hydrogen-bond donors (Lipinski definition) is 1. The number of anilines is 1. The fraction of sp³-hybridized carbons (Fsp3) is 0.0769. The van der Waals surface area contributed by atoms with Crippen molar-refractivity contribution in [2.75, 3.05) is 11.9 Å². The number of furan rings is 1.